The summed E-state index contributed by atoms with van der Waals surface area (Å²) in [5.41, 5.74) is 1.12. The van der Waals surface area contributed by atoms with Gasteiger partial charge >= 0.3 is 0 Å². The van der Waals surface area contributed by atoms with E-state index in [4.69, 9.17) is 0 Å². The highest BCUT2D eigenvalue weighted by Crippen LogP contribution is 2.34. The molecule has 2 nitrogen and oxygen atoms in total. The Kier molecular flexibility index (Phi) is 2.61. The fraction of sp³-hybridized carbons (Fsp3) is 1.00. The minimum atomic E-state index is 0.536. The zero-order valence-corrected chi connectivity index (χ0v) is 9.90. The second kappa shape index (κ2) is 3.49. The molecule has 1 atom stereocenters. The molecule has 0 bridgehead atoms. The lowest BCUT2D eigenvalue weighted by atomic mass is 9.78. The SMILES string of the molecule is CC1(C)CN(CC2(C)CCCNC2)C1. The van der Waals surface area contributed by atoms with Crippen molar-refractivity contribution in [3.8, 4) is 0 Å². The maximum Gasteiger partial charge on any atom is 0.00480 e. The van der Waals surface area contributed by atoms with E-state index in [2.05, 4.69) is 31.0 Å². The topological polar surface area (TPSA) is 15.3 Å². The molecule has 2 rings (SSSR count). The van der Waals surface area contributed by atoms with E-state index in [9.17, 15) is 0 Å². The van der Waals surface area contributed by atoms with E-state index in [1.807, 2.05) is 0 Å². The van der Waals surface area contributed by atoms with Gasteiger partial charge in [0.15, 0.2) is 0 Å². The lowest BCUT2D eigenvalue weighted by Crippen LogP contribution is -2.57. The van der Waals surface area contributed by atoms with E-state index >= 15 is 0 Å². The van der Waals surface area contributed by atoms with Gasteiger partial charge in [-0.1, -0.05) is 20.8 Å². The number of piperidine rings is 1. The lowest BCUT2D eigenvalue weighted by Gasteiger charge is -2.50. The predicted molar refractivity (Wildman–Crippen MR) is 60.4 cm³/mol. The number of rotatable bonds is 2. The molecule has 14 heavy (non-hydrogen) atoms. The van der Waals surface area contributed by atoms with Gasteiger partial charge < -0.3 is 10.2 Å². The van der Waals surface area contributed by atoms with Crippen molar-refractivity contribution in [2.45, 2.75) is 33.6 Å². The zero-order chi connectivity index (χ0) is 10.2. The van der Waals surface area contributed by atoms with E-state index < -0.39 is 0 Å². The van der Waals surface area contributed by atoms with E-state index in [1.165, 1.54) is 45.6 Å². The molecule has 2 aliphatic rings. The molecule has 0 aliphatic carbocycles. The molecule has 2 aliphatic heterocycles. The van der Waals surface area contributed by atoms with Gasteiger partial charge in [0.05, 0.1) is 0 Å². The van der Waals surface area contributed by atoms with Gasteiger partial charge in [-0.2, -0.15) is 0 Å². The Balaban J connectivity index is 1.79. The molecule has 0 amide bonds. The van der Waals surface area contributed by atoms with Crippen LogP contribution in [0.5, 0.6) is 0 Å². The standard InChI is InChI=1S/C12H24N2/c1-11(2)8-14(9-11)10-12(3)5-4-6-13-7-12/h13H,4-10H2,1-3H3. The van der Waals surface area contributed by atoms with Gasteiger partial charge in [-0.3, -0.25) is 0 Å². The minimum absolute atomic E-state index is 0.536. The Hall–Kier alpha value is -0.0800. The highest BCUT2D eigenvalue weighted by molar-refractivity contribution is 4.92. The number of nitrogens with zero attached hydrogens (tertiary/aromatic N) is 1. The van der Waals surface area contributed by atoms with Crippen LogP contribution in [0.15, 0.2) is 0 Å². The third-order valence-corrected chi connectivity index (χ3v) is 3.59. The van der Waals surface area contributed by atoms with Crippen molar-refractivity contribution in [3.05, 3.63) is 0 Å². The average molecular weight is 196 g/mol. The van der Waals surface area contributed by atoms with Crippen molar-refractivity contribution >= 4 is 0 Å². The summed E-state index contributed by atoms with van der Waals surface area (Å²) in [6.45, 7) is 13.5. The van der Waals surface area contributed by atoms with Crippen molar-refractivity contribution in [1.82, 2.24) is 10.2 Å². The number of hydrogen-bond donors (Lipinski definition) is 1. The molecule has 0 saturated carbocycles. The van der Waals surface area contributed by atoms with Gasteiger partial charge in [0.2, 0.25) is 0 Å². The van der Waals surface area contributed by atoms with Crippen molar-refractivity contribution in [1.29, 1.82) is 0 Å². The lowest BCUT2D eigenvalue weighted by molar-refractivity contribution is -0.00674. The maximum absolute atomic E-state index is 3.52. The second-order valence-electron chi connectivity index (χ2n) is 6.40. The van der Waals surface area contributed by atoms with Crippen LogP contribution < -0.4 is 5.32 Å². The summed E-state index contributed by atoms with van der Waals surface area (Å²) in [7, 11) is 0. The Labute approximate surface area is 88.1 Å². The summed E-state index contributed by atoms with van der Waals surface area (Å²) in [4.78, 5) is 2.62. The normalized spacial score (nSPS) is 37.9. The molecule has 82 valence electrons. The van der Waals surface area contributed by atoms with Crippen LogP contribution in [0.4, 0.5) is 0 Å². The van der Waals surface area contributed by atoms with Crippen LogP contribution in [0, 0.1) is 10.8 Å². The average Bonchev–Trinajstić information content (AvgIpc) is 2.01. The van der Waals surface area contributed by atoms with E-state index in [-0.39, 0.29) is 0 Å². The third kappa shape index (κ3) is 2.29. The Bertz CT molecular complexity index is 196. The smallest absolute Gasteiger partial charge is 0.00480 e. The first-order valence-electron chi connectivity index (χ1n) is 5.92. The van der Waals surface area contributed by atoms with Crippen molar-refractivity contribution in [2.24, 2.45) is 10.8 Å². The molecule has 2 heterocycles. The van der Waals surface area contributed by atoms with E-state index in [1.54, 1.807) is 0 Å². The maximum atomic E-state index is 3.52. The first kappa shape index (κ1) is 10.4. The second-order valence-corrected chi connectivity index (χ2v) is 6.40. The van der Waals surface area contributed by atoms with Gasteiger partial charge in [-0.25, -0.2) is 0 Å². The molecular weight excluding hydrogens is 172 g/mol. The Morgan fingerprint density at radius 3 is 2.43 bits per heavy atom. The minimum Gasteiger partial charge on any atom is -0.316 e. The molecule has 0 radical (unpaired) electrons. The van der Waals surface area contributed by atoms with E-state index in [0.717, 1.165) is 0 Å². The van der Waals surface area contributed by atoms with Crippen LogP contribution in [0.1, 0.15) is 33.6 Å². The Morgan fingerprint density at radius 2 is 1.93 bits per heavy atom. The molecule has 2 saturated heterocycles. The highest BCUT2D eigenvalue weighted by Gasteiger charge is 2.38. The monoisotopic (exact) mass is 196 g/mol. The van der Waals surface area contributed by atoms with Gasteiger partial charge in [-0.15, -0.1) is 0 Å². The molecule has 1 N–H and O–H groups in total. The largest absolute Gasteiger partial charge is 0.316 e. The molecular formula is C12H24N2. The van der Waals surface area contributed by atoms with Crippen molar-refractivity contribution in [3.63, 3.8) is 0 Å². The van der Waals surface area contributed by atoms with Crippen LogP contribution in [-0.4, -0.2) is 37.6 Å². The fourth-order valence-corrected chi connectivity index (χ4v) is 3.07. The van der Waals surface area contributed by atoms with Crippen LogP contribution >= 0.6 is 0 Å². The molecule has 2 fully saturated rings. The van der Waals surface area contributed by atoms with Crippen molar-refractivity contribution < 1.29 is 0 Å². The van der Waals surface area contributed by atoms with Gasteiger partial charge in [0.25, 0.3) is 0 Å². The summed E-state index contributed by atoms with van der Waals surface area (Å²) in [5.74, 6) is 0. The van der Waals surface area contributed by atoms with Crippen LogP contribution in [0.25, 0.3) is 0 Å². The molecule has 0 aromatic heterocycles. The van der Waals surface area contributed by atoms with Gasteiger partial charge in [-0.05, 0) is 30.2 Å². The summed E-state index contributed by atoms with van der Waals surface area (Å²) in [6, 6.07) is 0. The molecule has 2 heteroatoms. The number of likely N-dealkylation sites (tertiary alicyclic amines) is 1. The zero-order valence-electron chi connectivity index (χ0n) is 9.90. The Morgan fingerprint density at radius 1 is 1.21 bits per heavy atom. The quantitative estimate of drug-likeness (QED) is 0.723. The van der Waals surface area contributed by atoms with E-state index in [0.29, 0.717) is 10.8 Å². The van der Waals surface area contributed by atoms with Gasteiger partial charge in [0.1, 0.15) is 0 Å². The van der Waals surface area contributed by atoms with Crippen LogP contribution in [-0.2, 0) is 0 Å². The highest BCUT2D eigenvalue weighted by atomic mass is 15.2. The predicted octanol–water partition coefficient (Wildman–Crippen LogP) is 1.72. The van der Waals surface area contributed by atoms with Crippen LogP contribution in [0.3, 0.4) is 0 Å². The summed E-state index contributed by atoms with van der Waals surface area (Å²) in [6.07, 6.45) is 2.75. The third-order valence-electron chi connectivity index (χ3n) is 3.59. The molecule has 0 aromatic rings. The van der Waals surface area contributed by atoms with Crippen LogP contribution in [0.2, 0.25) is 0 Å². The summed E-state index contributed by atoms with van der Waals surface area (Å²) in [5, 5.41) is 3.52. The number of hydrogen-bond acceptors (Lipinski definition) is 2. The first-order chi connectivity index (χ1) is 6.49. The first-order valence-corrected chi connectivity index (χ1v) is 5.92. The molecule has 0 aromatic carbocycles. The van der Waals surface area contributed by atoms with Gasteiger partial charge in [0, 0.05) is 26.2 Å². The van der Waals surface area contributed by atoms with Crippen molar-refractivity contribution in [2.75, 3.05) is 32.7 Å². The molecule has 1 unspecified atom stereocenters. The summed E-state index contributed by atoms with van der Waals surface area (Å²) >= 11 is 0. The summed E-state index contributed by atoms with van der Waals surface area (Å²) < 4.78 is 0. The number of nitrogens with one attached hydrogen (secondary N) is 1. The fourth-order valence-electron chi connectivity index (χ4n) is 3.07. The molecule has 0 spiro atoms.